The van der Waals surface area contributed by atoms with Crippen LogP contribution in [0.15, 0.2) is 0 Å². The zero-order chi connectivity index (χ0) is 9.26. The van der Waals surface area contributed by atoms with Crippen molar-refractivity contribution < 1.29 is 5.11 Å². The number of nitrogens with zero attached hydrogens (tertiary/aromatic N) is 1. The lowest BCUT2D eigenvalue weighted by Crippen LogP contribution is -2.52. The minimum Gasteiger partial charge on any atom is -0.390 e. The van der Waals surface area contributed by atoms with Gasteiger partial charge in [-0.15, -0.1) is 0 Å². The second-order valence-corrected chi connectivity index (χ2v) is 5.01. The van der Waals surface area contributed by atoms with E-state index in [1.165, 1.54) is 32.2 Å². The van der Waals surface area contributed by atoms with Crippen molar-refractivity contribution in [3.8, 4) is 0 Å². The van der Waals surface area contributed by atoms with Gasteiger partial charge < -0.3 is 5.11 Å². The van der Waals surface area contributed by atoms with Gasteiger partial charge in [0.1, 0.15) is 0 Å². The third-order valence-corrected chi connectivity index (χ3v) is 3.50. The van der Waals surface area contributed by atoms with Crippen LogP contribution < -0.4 is 0 Å². The molecule has 2 aliphatic rings. The van der Waals surface area contributed by atoms with E-state index in [1.807, 2.05) is 0 Å². The predicted molar refractivity (Wildman–Crippen MR) is 53.6 cm³/mol. The van der Waals surface area contributed by atoms with Gasteiger partial charge in [0, 0.05) is 19.6 Å². The Labute approximate surface area is 80.9 Å². The van der Waals surface area contributed by atoms with Crippen molar-refractivity contribution in [1.29, 1.82) is 0 Å². The third-order valence-electron chi connectivity index (χ3n) is 3.50. The standard InChI is InChI=1S/C11H21NO/c1-9-3-2-4-10(5-9)6-12-7-11(13)8-12/h9-11,13H,2-8H2,1H3. The highest BCUT2D eigenvalue weighted by Gasteiger charge is 2.28. The lowest BCUT2D eigenvalue weighted by Gasteiger charge is -2.39. The lowest BCUT2D eigenvalue weighted by molar-refractivity contribution is -0.0112. The normalized spacial score (nSPS) is 37.4. The molecular formula is C11H21NO. The molecule has 0 bridgehead atoms. The molecule has 0 aromatic carbocycles. The summed E-state index contributed by atoms with van der Waals surface area (Å²) in [5.41, 5.74) is 0. The fraction of sp³-hybridized carbons (Fsp3) is 1.00. The molecule has 13 heavy (non-hydrogen) atoms. The molecule has 2 heteroatoms. The van der Waals surface area contributed by atoms with Crippen molar-refractivity contribution in [3.63, 3.8) is 0 Å². The van der Waals surface area contributed by atoms with Crippen LogP contribution in [0.3, 0.4) is 0 Å². The maximum absolute atomic E-state index is 9.16. The van der Waals surface area contributed by atoms with Crippen LogP contribution in [0, 0.1) is 11.8 Å². The maximum Gasteiger partial charge on any atom is 0.0793 e. The van der Waals surface area contributed by atoms with E-state index in [2.05, 4.69) is 11.8 Å². The number of hydrogen-bond donors (Lipinski definition) is 1. The summed E-state index contributed by atoms with van der Waals surface area (Å²) in [5.74, 6) is 1.85. The van der Waals surface area contributed by atoms with Crippen LogP contribution in [-0.2, 0) is 0 Å². The zero-order valence-electron chi connectivity index (χ0n) is 8.58. The van der Waals surface area contributed by atoms with Crippen LogP contribution in [0.5, 0.6) is 0 Å². The average Bonchev–Trinajstić information content (AvgIpc) is 2.01. The SMILES string of the molecule is CC1CCCC(CN2CC(O)C2)C1. The van der Waals surface area contributed by atoms with Crippen LogP contribution in [-0.4, -0.2) is 35.7 Å². The van der Waals surface area contributed by atoms with Gasteiger partial charge in [0.15, 0.2) is 0 Å². The van der Waals surface area contributed by atoms with E-state index in [0.29, 0.717) is 0 Å². The Morgan fingerprint density at radius 2 is 2.08 bits per heavy atom. The van der Waals surface area contributed by atoms with Crippen LogP contribution >= 0.6 is 0 Å². The summed E-state index contributed by atoms with van der Waals surface area (Å²) in [5, 5.41) is 9.16. The second kappa shape index (κ2) is 3.97. The minimum atomic E-state index is -0.0268. The van der Waals surface area contributed by atoms with E-state index < -0.39 is 0 Å². The van der Waals surface area contributed by atoms with Crippen LogP contribution in [0.1, 0.15) is 32.6 Å². The number of β-amino-alcohol motifs (C(OH)–C–C–N with tert-alkyl or cyclic N) is 1. The Balaban J connectivity index is 1.69. The molecule has 0 aromatic rings. The number of aliphatic hydroxyl groups excluding tert-OH is 1. The number of aliphatic hydroxyl groups is 1. The van der Waals surface area contributed by atoms with Crippen molar-refractivity contribution in [2.75, 3.05) is 19.6 Å². The molecule has 1 aliphatic carbocycles. The largest absolute Gasteiger partial charge is 0.390 e. The van der Waals surface area contributed by atoms with Gasteiger partial charge in [0.05, 0.1) is 6.10 Å². The quantitative estimate of drug-likeness (QED) is 0.701. The van der Waals surface area contributed by atoms with Crippen molar-refractivity contribution in [2.45, 2.75) is 38.7 Å². The summed E-state index contributed by atoms with van der Waals surface area (Å²) in [4.78, 5) is 2.40. The molecule has 2 atom stereocenters. The number of rotatable bonds is 2. The molecule has 1 heterocycles. The van der Waals surface area contributed by atoms with Crippen LogP contribution in [0.2, 0.25) is 0 Å². The summed E-state index contributed by atoms with van der Waals surface area (Å²) < 4.78 is 0. The van der Waals surface area contributed by atoms with Gasteiger partial charge in [-0.25, -0.2) is 0 Å². The van der Waals surface area contributed by atoms with Gasteiger partial charge in [0.25, 0.3) is 0 Å². The number of hydrogen-bond acceptors (Lipinski definition) is 2. The molecule has 2 unspecified atom stereocenters. The van der Waals surface area contributed by atoms with E-state index in [9.17, 15) is 0 Å². The molecule has 2 rings (SSSR count). The van der Waals surface area contributed by atoms with Gasteiger partial charge in [0.2, 0.25) is 0 Å². The molecule has 2 fully saturated rings. The third kappa shape index (κ3) is 2.44. The van der Waals surface area contributed by atoms with Gasteiger partial charge in [-0.1, -0.05) is 19.8 Å². The summed E-state index contributed by atoms with van der Waals surface area (Å²) in [7, 11) is 0. The van der Waals surface area contributed by atoms with E-state index in [-0.39, 0.29) is 6.10 Å². The van der Waals surface area contributed by atoms with Crippen molar-refractivity contribution in [1.82, 2.24) is 4.90 Å². The van der Waals surface area contributed by atoms with Crippen molar-refractivity contribution in [3.05, 3.63) is 0 Å². The second-order valence-electron chi connectivity index (χ2n) is 5.01. The Hall–Kier alpha value is -0.0800. The first-order valence-electron chi connectivity index (χ1n) is 5.64. The molecule has 2 nitrogen and oxygen atoms in total. The van der Waals surface area contributed by atoms with Crippen molar-refractivity contribution >= 4 is 0 Å². The molecule has 0 amide bonds. The van der Waals surface area contributed by atoms with E-state index >= 15 is 0 Å². The average molecular weight is 183 g/mol. The van der Waals surface area contributed by atoms with Gasteiger partial charge >= 0.3 is 0 Å². The molecule has 0 aromatic heterocycles. The molecule has 76 valence electrons. The Bertz CT molecular complexity index is 165. The summed E-state index contributed by atoms with van der Waals surface area (Å²) in [6, 6.07) is 0. The molecule has 1 N–H and O–H groups in total. The molecule has 0 spiro atoms. The summed E-state index contributed by atoms with van der Waals surface area (Å²) in [6.45, 7) is 5.45. The first kappa shape index (κ1) is 9.47. The molecule has 1 saturated heterocycles. The predicted octanol–water partition coefficient (Wildman–Crippen LogP) is 1.49. The highest BCUT2D eigenvalue weighted by atomic mass is 16.3. The number of likely N-dealkylation sites (tertiary alicyclic amines) is 1. The summed E-state index contributed by atoms with van der Waals surface area (Å²) in [6.07, 6.45) is 5.64. The fourth-order valence-electron chi connectivity index (χ4n) is 2.78. The maximum atomic E-state index is 9.16. The minimum absolute atomic E-state index is 0.0268. The smallest absolute Gasteiger partial charge is 0.0793 e. The Morgan fingerprint density at radius 1 is 1.31 bits per heavy atom. The molecular weight excluding hydrogens is 162 g/mol. The molecule has 0 radical (unpaired) electrons. The van der Waals surface area contributed by atoms with E-state index in [0.717, 1.165) is 24.9 Å². The lowest BCUT2D eigenvalue weighted by atomic mass is 9.82. The Kier molecular flexibility index (Phi) is 2.89. The Morgan fingerprint density at radius 3 is 2.69 bits per heavy atom. The summed E-state index contributed by atoms with van der Waals surface area (Å²) >= 11 is 0. The first-order valence-corrected chi connectivity index (χ1v) is 5.64. The van der Waals surface area contributed by atoms with E-state index in [4.69, 9.17) is 5.11 Å². The fourth-order valence-corrected chi connectivity index (χ4v) is 2.78. The van der Waals surface area contributed by atoms with E-state index in [1.54, 1.807) is 0 Å². The molecule has 1 saturated carbocycles. The van der Waals surface area contributed by atoms with Gasteiger partial charge in [-0.3, -0.25) is 4.90 Å². The van der Waals surface area contributed by atoms with Crippen molar-refractivity contribution in [2.24, 2.45) is 11.8 Å². The highest BCUT2D eigenvalue weighted by Crippen LogP contribution is 2.29. The van der Waals surface area contributed by atoms with Gasteiger partial charge in [-0.05, 0) is 24.7 Å². The molecule has 1 aliphatic heterocycles. The topological polar surface area (TPSA) is 23.5 Å². The van der Waals surface area contributed by atoms with Crippen LogP contribution in [0.25, 0.3) is 0 Å². The van der Waals surface area contributed by atoms with Crippen LogP contribution in [0.4, 0.5) is 0 Å². The monoisotopic (exact) mass is 183 g/mol. The highest BCUT2D eigenvalue weighted by molar-refractivity contribution is 4.82. The first-order chi connectivity index (χ1) is 6.24. The zero-order valence-corrected chi connectivity index (χ0v) is 8.58. The van der Waals surface area contributed by atoms with Gasteiger partial charge in [-0.2, -0.15) is 0 Å².